The second-order valence-corrected chi connectivity index (χ2v) is 25.0. The summed E-state index contributed by atoms with van der Waals surface area (Å²) in [5.74, 6) is 0. The number of para-hydroxylation sites is 8. The molecule has 19 rings (SSSR count). The van der Waals surface area contributed by atoms with Crippen LogP contribution in [0.2, 0.25) is 0 Å². The average Bonchev–Trinajstić information content (AvgIpc) is 0.881. The van der Waals surface area contributed by atoms with E-state index in [1.165, 1.54) is 144 Å². The molecule has 0 bridgehead atoms. The van der Waals surface area contributed by atoms with E-state index in [1.54, 1.807) is 0 Å². The Balaban J connectivity index is 0.911. The molecule has 0 fully saturated rings. The first-order chi connectivity index (χ1) is 44.4. The third-order valence-corrected chi connectivity index (χ3v) is 20.1. The predicted octanol–water partition coefficient (Wildman–Crippen LogP) is 17.3. The Morgan fingerprint density at radius 2 is 0.489 bits per heavy atom. The lowest BCUT2D eigenvalue weighted by Crippen LogP contribution is -2.65. The van der Waals surface area contributed by atoms with Crippen LogP contribution in [0.15, 0.2) is 279 Å². The predicted molar refractivity (Wildman–Crippen MR) is 382 cm³/mol. The monoisotopic (exact) mass is 1150 g/mol. The van der Waals surface area contributed by atoms with E-state index in [1.807, 2.05) is 0 Å². The average molecular weight is 1150 g/mol. The van der Waals surface area contributed by atoms with Gasteiger partial charge in [0.1, 0.15) is 0 Å². The van der Waals surface area contributed by atoms with Gasteiger partial charge in [-0.3, -0.25) is 0 Å². The van der Waals surface area contributed by atoms with Gasteiger partial charge in [-0.15, -0.1) is 0 Å². The Morgan fingerprint density at radius 1 is 0.211 bits per heavy atom. The molecule has 6 nitrogen and oxygen atoms in total. The molecule has 6 heterocycles. The summed E-state index contributed by atoms with van der Waals surface area (Å²) in [7, 11) is 0. The molecule has 0 spiro atoms. The van der Waals surface area contributed by atoms with Crippen molar-refractivity contribution in [2.75, 3.05) is 19.6 Å². The van der Waals surface area contributed by atoms with Crippen LogP contribution in [0, 0.1) is 27.7 Å². The Bertz CT molecular complexity index is 5060. The van der Waals surface area contributed by atoms with Crippen molar-refractivity contribution in [3.8, 4) is 11.4 Å². The molecule has 2 aromatic heterocycles. The van der Waals surface area contributed by atoms with Crippen molar-refractivity contribution < 1.29 is 0 Å². The van der Waals surface area contributed by atoms with Gasteiger partial charge in [0.15, 0.2) is 0 Å². The first-order valence-corrected chi connectivity index (χ1v) is 31.5. The summed E-state index contributed by atoms with van der Waals surface area (Å²) in [6.07, 6.45) is 0. The highest BCUT2D eigenvalue weighted by Gasteiger charge is 2.48. The molecular weight excluding hydrogens is 1090 g/mol. The number of anilines is 12. The van der Waals surface area contributed by atoms with Crippen LogP contribution in [-0.2, 0) is 0 Å². The molecule has 0 atom stereocenters. The Hall–Kier alpha value is -11.2. The molecule has 0 unspecified atom stereocenters. The van der Waals surface area contributed by atoms with Gasteiger partial charge in [-0.1, -0.05) is 176 Å². The van der Waals surface area contributed by atoms with Crippen LogP contribution in [0.5, 0.6) is 0 Å². The summed E-state index contributed by atoms with van der Waals surface area (Å²) in [5, 5.41) is 5.08. The van der Waals surface area contributed by atoms with Crippen LogP contribution in [0.25, 0.3) is 55.0 Å². The van der Waals surface area contributed by atoms with Crippen LogP contribution in [0.4, 0.5) is 68.2 Å². The second-order valence-electron chi connectivity index (χ2n) is 25.0. The van der Waals surface area contributed by atoms with Gasteiger partial charge >= 0.3 is 0 Å². The number of aryl methyl sites for hydroxylation is 4. The van der Waals surface area contributed by atoms with Crippen LogP contribution in [0.1, 0.15) is 22.3 Å². The fraction of sp³-hybridized carbons (Fsp3) is 0.0488. The Labute approximate surface area is 524 Å². The van der Waals surface area contributed by atoms with Gasteiger partial charge in [-0.25, -0.2) is 0 Å². The standard InChI is InChI=1S/C82H58B2N6/c1-51-23-17-35-61-62-36-18-24-52(2)80(62)89(79(51)61)59-43-45-65-73(47-59)85(55-27-9-5-10-28-55)69-39-21-41-71-77(69)83(65)67-49-68-76(50-75(67)87(71)57-31-13-7-14-32-57)88(58-33-15-8-16-34-58)72-42-22-40-70-78(72)84(68)66-46-44-60(48-74(66)86(70)56-29-11-6-12-30-56)90-81-53(3)25-19-37-63(81)64-38-20-26-54(4)82(64)90/h5-50H,1-4H3. The lowest BCUT2D eigenvalue weighted by molar-refractivity contribution is 1.15. The quantitative estimate of drug-likeness (QED) is 0.155. The van der Waals surface area contributed by atoms with E-state index < -0.39 is 0 Å². The molecule has 4 aliphatic rings. The van der Waals surface area contributed by atoms with Gasteiger partial charge in [0, 0.05) is 101 Å². The van der Waals surface area contributed by atoms with Crippen molar-refractivity contribution in [2.45, 2.75) is 27.7 Å². The van der Waals surface area contributed by atoms with E-state index in [0.29, 0.717) is 0 Å². The summed E-state index contributed by atoms with van der Waals surface area (Å²) in [5.41, 5.74) is 33.8. The minimum Gasteiger partial charge on any atom is -0.311 e. The maximum absolute atomic E-state index is 2.65. The summed E-state index contributed by atoms with van der Waals surface area (Å²) < 4.78 is 5.07. The molecule has 4 aliphatic heterocycles. The van der Waals surface area contributed by atoms with Crippen molar-refractivity contribution in [3.63, 3.8) is 0 Å². The fourth-order valence-corrected chi connectivity index (χ4v) is 16.5. The van der Waals surface area contributed by atoms with Crippen molar-refractivity contribution in [1.82, 2.24) is 9.13 Å². The number of fused-ring (bicyclic) bond motifs is 14. The third kappa shape index (κ3) is 7.01. The highest BCUT2D eigenvalue weighted by atomic mass is 15.2. The number of hydrogen-bond acceptors (Lipinski definition) is 4. The topological polar surface area (TPSA) is 22.8 Å². The number of aromatic nitrogens is 2. The number of nitrogens with zero attached hydrogens (tertiary/aromatic N) is 6. The second kappa shape index (κ2) is 19.1. The molecule has 90 heavy (non-hydrogen) atoms. The molecule has 13 aromatic carbocycles. The maximum atomic E-state index is 2.65. The van der Waals surface area contributed by atoms with E-state index in [2.05, 4.69) is 335 Å². The zero-order valence-electron chi connectivity index (χ0n) is 50.4. The summed E-state index contributed by atoms with van der Waals surface area (Å²) in [6.45, 7) is 8.75. The smallest absolute Gasteiger partial charge is 0.252 e. The number of benzene rings is 13. The first-order valence-electron chi connectivity index (χ1n) is 31.5. The van der Waals surface area contributed by atoms with E-state index in [-0.39, 0.29) is 13.4 Å². The number of rotatable bonds is 6. The van der Waals surface area contributed by atoms with Gasteiger partial charge in [-0.05, 0) is 186 Å². The largest absolute Gasteiger partial charge is 0.311 e. The maximum Gasteiger partial charge on any atom is 0.252 e. The molecule has 15 aromatic rings. The number of hydrogen-bond donors (Lipinski definition) is 0. The highest BCUT2D eigenvalue weighted by molar-refractivity contribution is 7.03. The van der Waals surface area contributed by atoms with Gasteiger partial charge in [-0.2, -0.15) is 0 Å². The molecule has 0 radical (unpaired) electrons. The van der Waals surface area contributed by atoms with Gasteiger partial charge in [0.25, 0.3) is 13.4 Å². The molecule has 0 saturated carbocycles. The zero-order chi connectivity index (χ0) is 59.6. The molecular formula is C82H58B2N6. The minimum atomic E-state index is -0.142. The SMILES string of the molecule is Cc1cccc2c3cccc(C)c3n(-c3ccc4c(c3)N(c3ccccc3)c3cccc5c3B4c3cc4c(cc3N5c3ccccc3)N(c3ccccc3)c3cccc5c3B4c3ccc(-n4c6c(C)cccc6c6cccc(C)c64)cc3N5c3ccccc3)c12. The lowest BCUT2D eigenvalue weighted by Gasteiger charge is -2.47. The van der Waals surface area contributed by atoms with E-state index in [0.717, 1.165) is 34.1 Å². The normalized spacial score (nSPS) is 13.4. The van der Waals surface area contributed by atoms with Crippen molar-refractivity contribution in [1.29, 1.82) is 0 Å². The minimum absolute atomic E-state index is 0.142. The van der Waals surface area contributed by atoms with Crippen molar-refractivity contribution >= 4 is 158 Å². The Kier molecular flexibility index (Phi) is 10.8. The molecule has 0 N–H and O–H groups in total. The van der Waals surface area contributed by atoms with Gasteiger partial charge in [0.2, 0.25) is 0 Å². The van der Waals surface area contributed by atoms with Crippen LogP contribution in [0.3, 0.4) is 0 Å². The van der Waals surface area contributed by atoms with E-state index in [9.17, 15) is 0 Å². The van der Waals surface area contributed by atoms with Crippen molar-refractivity contribution in [3.05, 3.63) is 301 Å². The van der Waals surface area contributed by atoms with Crippen LogP contribution in [-0.4, -0.2) is 22.6 Å². The zero-order valence-corrected chi connectivity index (χ0v) is 50.4. The summed E-state index contributed by atoms with van der Waals surface area (Å²) in [6, 6.07) is 105. The first kappa shape index (κ1) is 50.9. The fourth-order valence-electron chi connectivity index (χ4n) is 16.5. The van der Waals surface area contributed by atoms with Gasteiger partial charge in [0.05, 0.1) is 22.1 Å². The van der Waals surface area contributed by atoms with E-state index in [4.69, 9.17) is 0 Å². The molecule has 0 amide bonds. The lowest BCUT2D eigenvalue weighted by atomic mass is 9.30. The van der Waals surface area contributed by atoms with Crippen LogP contribution < -0.4 is 52.4 Å². The van der Waals surface area contributed by atoms with Crippen molar-refractivity contribution in [2.24, 2.45) is 0 Å². The van der Waals surface area contributed by atoms with Crippen LogP contribution >= 0.6 is 0 Å². The third-order valence-electron chi connectivity index (χ3n) is 20.1. The summed E-state index contributed by atoms with van der Waals surface area (Å²) >= 11 is 0. The molecule has 422 valence electrons. The Morgan fingerprint density at radius 3 is 0.789 bits per heavy atom. The summed E-state index contributed by atoms with van der Waals surface area (Å²) in [4.78, 5) is 10.2. The van der Waals surface area contributed by atoms with Gasteiger partial charge < -0.3 is 28.7 Å². The van der Waals surface area contributed by atoms with E-state index >= 15 is 0 Å². The molecule has 0 aliphatic carbocycles. The molecule has 8 heteroatoms. The highest BCUT2D eigenvalue weighted by Crippen LogP contribution is 2.50. The molecule has 0 saturated heterocycles.